The van der Waals surface area contributed by atoms with Crippen LogP contribution in [-0.4, -0.2) is 35.2 Å². The molecule has 0 fully saturated rings. The lowest BCUT2D eigenvalue weighted by atomic mass is 10.2. The summed E-state index contributed by atoms with van der Waals surface area (Å²) in [5, 5.41) is 29.1. The van der Waals surface area contributed by atoms with E-state index in [0.29, 0.717) is 11.5 Å². The fraction of sp³-hybridized carbons (Fsp3) is 0.133. The summed E-state index contributed by atoms with van der Waals surface area (Å²) in [5.41, 5.74) is -0.651. The number of carbonyl (C=O) groups is 1. The largest absolute Gasteiger partial charge is 0.460 e. The van der Waals surface area contributed by atoms with Gasteiger partial charge in [-0.05, 0) is 29.2 Å². The first-order chi connectivity index (χ1) is 12.8. The van der Waals surface area contributed by atoms with Gasteiger partial charge in [0.2, 0.25) is 11.5 Å². The van der Waals surface area contributed by atoms with E-state index in [-0.39, 0.29) is 23.7 Å². The Balaban J connectivity index is 1.70. The molecule has 27 heavy (non-hydrogen) atoms. The molecule has 12 nitrogen and oxygen atoms in total. The lowest BCUT2D eigenvalue weighted by Crippen LogP contribution is -2.01. The fourth-order valence-electron chi connectivity index (χ4n) is 2.29. The second-order valence-corrected chi connectivity index (χ2v) is 5.42. The maximum Gasteiger partial charge on any atom is 0.389 e. The quantitative estimate of drug-likeness (QED) is 0.264. The molecule has 0 aromatic carbocycles. The number of nitro groups is 2. The monoisotopic (exact) mass is 372 g/mol. The number of hydrogen-bond acceptors (Lipinski definition) is 8. The number of aryl methyl sites for hydroxylation is 1. The summed E-state index contributed by atoms with van der Waals surface area (Å²) in [6.07, 6.45) is 5.07. The summed E-state index contributed by atoms with van der Waals surface area (Å²) in [6, 6.07) is 4.48. The van der Waals surface area contributed by atoms with Gasteiger partial charge in [-0.3, -0.25) is 19.6 Å². The highest BCUT2D eigenvalue weighted by Crippen LogP contribution is 2.18. The summed E-state index contributed by atoms with van der Waals surface area (Å²) in [7, 11) is 1.48. The van der Waals surface area contributed by atoms with Crippen molar-refractivity contribution in [2.24, 2.45) is 7.05 Å². The van der Waals surface area contributed by atoms with Crippen molar-refractivity contribution in [3.05, 3.63) is 74.1 Å². The van der Waals surface area contributed by atoms with Crippen LogP contribution in [-0.2, 0) is 13.6 Å². The van der Waals surface area contributed by atoms with Crippen molar-refractivity contribution in [1.29, 1.82) is 0 Å². The Morgan fingerprint density at radius 1 is 1.22 bits per heavy atom. The van der Waals surface area contributed by atoms with Crippen LogP contribution in [0.3, 0.4) is 0 Å². The maximum absolute atomic E-state index is 12.1. The van der Waals surface area contributed by atoms with Crippen molar-refractivity contribution in [1.82, 2.24) is 19.6 Å². The molecular weight excluding hydrogens is 360 g/mol. The van der Waals surface area contributed by atoms with E-state index in [4.69, 9.17) is 4.42 Å². The van der Waals surface area contributed by atoms with E-state index < -0.39 is 15.6 Å². The minimum atomic E-state index is -0.678. The Morgan fingerprint density at radius 3 is 2.67 bits per heavy atom. The van der Waals surface area contributed by atoms with Gasteiger partial charge in [0.1, 0.15) is 24.3 Å². The molecule has 3 aromatic heterocycles. The smallest absolute Gasteiger partial charge is 0.389 e. The van der Waals surface area contributed by atoms with Crippen molar-refractivity contribution < 1.29 is 19.1 Å². The minimum absolute atomic E-state index is 0.168. The van der Waals surface area contributed by atoms with E-state index in [1.807, 2.05) is 0 Å². The van der Waals surface area contributed by atoms with Gasteiger partial charge in [0.15, 0.2) is 0 Å². The van der Waals surface area contributed by atoms with Gasteiger partial charge in [0.25, 0.3) is 0 Å². The average Bonchev–Trinajstić information content (AvgIpc) is 3.32. The topological polar surface area (TPSA) is 152 Å². The number of furan rings is 1. The molecule has 3 aromatic rings. The zero-order valence-electron chi connectivity index (χ0n) is 13.9. The van der Waals surface area contributed by atoms with Gasteiger partial charge >= 0.3 is 11.5 Å². The number of aromatic nitrogens is 4. The summed E-state index contributed by atoms with van der Waals surface area (Å²) in [5.74, 6) is -0.116. The standard InChI is InChI=1S/C15H12N6O6/c1-18-9-12(20(23)24)15(17-18)13(22)5-4-10-2-3-11(27-10)8-19-7-6-14(16-19)21(25)26/h2-7,9H,8H2,1H3/b5-4+. The number of ketones is 1. The number of hydrogen-bond donors (Lipinski definition) is 0. The van der Waals surface area contributed by atoms with Gasteiger partial charge in [-0.1, -0.05) is 0 Å². The molecule has 0 bridgehead atoms. The number of carbonyl (C=O) groups excluding carboxylic acids is 1. The van der Waals surface area contributed by atoms with Crippen molar-refractivity contribution in [2.45, 2.75) is 6.54 Å². The van der Waals surface area contributed by atoms with E-state index in [1.54, 1.807) is 12.1 Å². The summed E-state index contributed by atoms with van der Waals surface area (Å²) in [4.78, 5) is 32.4. The highest BCUT2D eigenvalue weighted by molar-refractivity contribution is 6.07. The Labute approximate surface area is 150 Å². The van der Waals surface area contributed by atoms with E-state index in [1.165, 1.54) is 34.8 Å². The number of rotatable bonds is 7. The number of allylic oxidation sites excluding steroid dienone is 1. The fourth-order valence-corrected chi connectivity index (χ4v) is 2.29. The Bertz CT molecular complexity index is 1060. The molecule has 138 valence electrons. The van der Waals surface area contributed by atoms with E-state index in [0.717, 1.165) is 12.3 Å². The molecule has 0 atom stereocenters. The van der Waals surface area contributed by atoms with E-state index in [9.17, 15) is 25.0 Å². The van der Waals surface area contributed by atoms with Crippen LogP contribution in [0.25, 0.3) is 6.08 Å². The van der Waals surface area contributed by atoms with Gasteiger partial charge in [0, 0.05) is 7.05 Å². The first-order valence-corrected chi connectivity index (χ1v) is 7.50. The zero-order chi connectivity index (χ0) is 19.6. The van der Waals surface area contributed by atoms with Crippen molar-refractivity contribution in [3.63, 3.8) is 0 Å². The van der Waals surface area contributed by atoms with Crippen LogP contribution >= 0.6 is 0 Å². The Morgan fingerprint density at radius 2 is 2.00 bits per heavy atom. The molecule has 3 rings (SSSR count). The molecule has 12 heteroatoms. The molecule has 0 aliphatic carbocycles. The van der Waals surface area contributed by atoms with Crippen LogP contribution < -0.4 is 0 Å². The molecule has 0 unspecified atom stereocenters. The normalized spacial score (nSPS) is 11.1. The van der Waals surface area contributed by atoms with Crippen molar-refractivity contribution in [2.75, 3.05) is 0 Å². The van der Waals surface area contributed by atoms with Crippen LogP contribution in [0.1, 0.15) is 22.0 Å². The highest BCUT2D eigenvalue weighted by atomic mass is 16.6. The van der Waals surface area contributed by atoms with Gasteiger partial charge in [-0.25, -0.2) is 0 Å². The van der Waals surface area contributed by atoms with Crippen LogP contribution in [0.4, 0.5) is 11.5 Å². The molecule has 3 heterocycles. The summed E-state index contributed by atoms with van der Waals surface area (Å²) < 4.78 is 8.03. The molecule has 0 saturated heterocycles. The van der Waals surface area contributed by atoms with Crippen molar-refractivity contribution in [3.8, 4) is 0 Å². The summed E-state index contributed by atoms with van der Waals surface area (Å²) >= 11 is 0. The first-order valence-electron chi connectivity index (χ1n) is 7.50. The van der Waals surface area contributed by atoms with Gasteiger partial charge in [-0.15, -0.1) is 0 Å². The predicted octanol–water partition coefficient (Wildman–Crippen LogP) is 1.97. The second-order valence-electron chi connectivity index (χ2n) is 5.42. The zero-order valence-corrected chi connectivity index (χ0v) is 13.9. The summed E-state index contributed by atoms with van der Waals surface area (Å²) in [6.45, 7) is 0.168. The highest BCUT2D eigenvalue weighted by Gasteiger charge is 2.23. The third-order valence-electron chi connectivity index (χ3n) is 3.45. The molecule has 0 saturated carbocycles. The van der Waals surface area contributed by atoms with Crippen molar-refractivity contribution >= 4 is 23.4 Å². The molecule has 0 aliphatic rings. The van der Waals surface area contributed by atoms with E-state index >= 15 is 0 Å². The van der Waals surface area contributed by atoms with Gasteiger partial charge in [0.05, 0.1) is 22.3 Å². The minimum Gasteiger partial charge on any atom is -0.460 e. The lowest BCUT2D eigenvalue weighted by molar-refractivity contribution is -0.389. The first kappa shape index (κ1) is 17.7. The third kappa shape index (κ3) is 3.95. The van der Waals surface area contributed by atoms with E-state index in [2.05, 4.69) is 10.2 Å². The number of nitrogens with zero attached hydrogens (tertiary/aromatic N) is 6. The Hall–Kier alpha value is -4.09. The average molecular weight is 372 g/mol. The van der Waals surface area contributed by atoms with Gasteiger partial charge in [-0.2, -0.15) is 9.78 Å². The molecule has 0 radical (unpaired) electrons. The van der Waals surface area contributed by atoms with Gasteiger partial charge < -0.3 is 14.5 Å². The second kappa shape index (κ2) is 7.03. The van der Waals surface area contributed by atoms with Crippen LogP contribution in [0.15, 0.2) is 41.1 Å². The van der Waals surface area contributed by atoms with Crippen LogP contribution in [0, 0.1) is 20.2 Å². The molecule has 0 N–H and O–H groups in total. The molecular formula is C15H12N6O6. The molecule has 0 amide bonds. The molecule has 0 spiro atoms. The Kier molecular flexibility index (Phi) is 4.62. The SMILES string of the molecule is Cn1cc([N+](=O)[O-])c(C(=O)/C=C/c2ccc(Cn3ccc([N+](=O)[O-])n3)o2)n1. The third-order valence-corrected chi connectivity index (χ3v) is 3.45. The van der Waals surface area contributed by atoms with Crippen LogP contribution in [0.5, 0.6) is 0 Å². The molecule has 0 aliphatic heterocycles. The lowest BCUT2D eigenvalue weighted by Gasteiger charge is -1.93. The predicted molar refractivity (Wildman–Crippen MR) is 89.9 cm³/mol. The van der Waals surface area contributed by atoms with Crippen LogP contribution in [0.2, 0.25) is 0 Å². The maximum atomic E-state index is 12.1.